The van der Waals surface area contributed by atoms with E-state index in [2.05, 4.69) is 35.2 Å². The Balaban J connectivity index is 1.60. The van der Waals surface area contributed by atoms with Crippen molar-refractivity contribution >= 4 is 0 Å². The molecule has 1 N–H and O–H groups in total. The largest absolute Gasteiger partial charge is 0.393 e. The molecule has 1 aromatic rings. The number of nitrogens with zero attached hydrogens (tertiary/aromatic N) is 1. The van der Waals surface area contributed by atoms with E-state index >= 15 is 0 Å². The second kappa shape index (κ2) is 5.16. The first-order chi connectivity index (χ1) is 9.83. The number of hydrogen-bond acceptors (Lipinski definition) is 2. The van der Waals surface area contributed by atoms with Gasteiger partial charge in [0.05, 0.1) is 6.10 Å². The Morgan fingerprint density at radius 1 is 1.10 bits per heavy atom. The summed E-state index contributed by atoms with van der Waals surface area (Å²) >= 11 is 0. The van der Waals surface area contributed by atoms with Crippen molar-refractivity contribution in [2.24, 2.45) is 11.8 Å². The van der Waals surface area contributed by atoms with E-state index < -0.39 is 0 Å². The third-order valence-electron chi connectivity index (χ3n) is 5.96. The number of aliphatic hydroxyl groups excluding tert-OH is 1. The monoisotopic (exact) mass is 271 g/mol. The van der Waals surface area contributed by atoms with E-state index in [0.29, 0.717) is 23.9 Å². The van der Waals surface area contributed by atoms with Crippen LogP contribution in [-0.2, 0) is 6.42 Å². The second-order valence-corrected chi connectivity index (χ2v) is 7.02. The molecular formula is C18H25NO. The van der Waals surface area contributed by atoms with Crippen LogP contribution in [0.5, 0.6) is 0 Å². The van der Waals surface area contributed by atoms with Crippen LogP contribution in [0.3, 0.4) is 0 Å². The highest BCUT2D eigenvalue weighted by Gasteiger charge is 2.50. The van der Waals surface area contributed by atoms with Crippen molar-refractivity contribution in [3.05, 3.63) is 35.9 Å². The van der Waals surface area contributed by atoms with Gasteiger partial charge in [-0.1, -0.05) is 36.8 Å². The van der Waals surface area contributed by atoms with Gasteiger partial charge in [-0.2, -0.15) is 0 Å². The maximum Gasteiger partial charge on any atom is 0.0586 e. The van der Waals surface area contributed by atoms with Crippen molar-refractivity contribution in [2.75, 3.05) is 6.54 Å². The maximum atomic E-state index is 10.4. The molecule has 2 bridgehead atoms. The van der Waals surface area contributed by atoms with Crippen LogP contribution in [0.4, 0.5) is 0 Å². The van der Waals surface area contributed by atoms with Crippen molar-refractivity contribution in [1.29, 1.82) is 0 Å². The Morgan fingerprint density at radius 3 is 2.80 bits per heavy atom. The van der Waals surface area contributed by atoms with Gasteiger partial charge in [0.1, 0.15) is 0 Å². The molecular weight excluding hydrogens is 246 g/mol. The predicted octanol–water partition coefficient (Wildman–Crippen LogP) is 2.85. The minimum absolute atomic E-state index is 0.0358. The van der Waals surface area contributed by atoms with Crippen LogP contribution < -0.4 is 0 Å². The Labute approximate surface area is 121 Å². The summed E-state index contributed by atoms with van der Waals surface area (Å²) < 4.78 is 0. The van der Waals surface area contributed by atoms with E-state index in [1.54, 1.807) is 0 Å². The van der Waals surface area contributed by atoms with Gasteiger partial charge in [-0.15, -0.1) is 0 Å². The fraction of sp³-hybridized carbons (Fsp3) is 0.667. The third-order valence-corrected chi connectivity index (χ3v) is 5.96. The summed E-state index contributed by atoms with van der Waals surface area (Å²) in [6.45, 7) is 1.25. The number of fused-ring (bicyclic) bond motifs is 4. The lowest BCUT2D eigenvalue weighted by Gasteiger charge is -2.49. The Morgan fingerprint density at radius 2 is 1.95 bits per heavy atom. The minimum Gasteiger partial charge on any atom is -0.393 e. The van der Waals surface area contributed by atoms with Gasteiger partial charge in [0.2, 0.25) is 0 Å². The van der Waals surface area contributed by atoms with Gasteiger partial charge < -0.3 is 5.11 Å². The van der Waals surface area contributed by atoms with E-state index in [0.717, 1.165) is 6.42 Å². The van der Waals surface area contributed by atoms with Gasteiger partial charge in [-0.3, -0.25) is 4.90 Å². The van der Waals surface area contributed by atoms with Gasteiger partial charge in [0.25, 0.3) is 0 Å². The lowest BCUT2D eigenvalue weighted by molar-refractivity contribution is -0.0122. The number of rotatable bonds is 2. The molecule has 1 aromatic carbocycles. The number of benzene rings is 1. The first-order valence-electron chi connectivity index (χ1n) is 8.30. The summed E-state index contributed by atoms with van der Waals surface area (Å²) in [6, 6.07) is 12.2. The minimum atomic E-state index is -0.0358. The molecule has 2 aliphatic heterocycles. The van der Waals surface area contributed by atoms with Crippen molar-refractivity contribution < 1.29 is 5.11 Å². The molecule has 0 aromatic heterocycles. The van der Waals surface area contributed by atoms with Crippen LogP contribution in [0.15, 0.2) is 30.3 Å². The predicted molar refractivity (Wildman–Crippen MR) is 80.5 cm³/mol. The molecule has 2 heteroatoms. The van der Waals surface area contributed by atoms with E-state index in [-0.39, 0.29) is 6.10 Å². The number of aliphatic hydroxyl groups is 1. The third kappa shape index (κ3) is 2.10. The maximum absolute atomic E-state index is 10.4. The van der Waals surface area contributed by atoms with Crippen LogP contribution >= 0.6 is 0 Å². The van der Waals surface area contributed by atoms with Gasteiger partial charge in [0, 0.05) is 18.0 Å². The molecule has 2 heterocycles. The van der Waals surface area contributed by atoms with Crippen molar-refractivity contribution in [3.8, 4) is 0 Å². The second-order valence-electron chi connectivity index (χ2n) is 7.02. The number of hydrogen-bond donors (Lipinski definition) is 1. The highest BCUT2D eigenvalue weighted by molar-refractivity contribution is 5.18. The van der Waals surface area contributed by atoms with E-state index in [4.69, 9.17) is 0 Å². The fourth-order valence-electron chi connectivity index (χ4n) is 5.08. The van der Waals surface area contributed by atoms with E-state index in [9.17, 15) is 5.11 Å². The smallest absolute Gasteiger partial charge is 0.0586 e. The average Bonchev–Trinajstić information content (AvgIpc) is 2.83. The molecule has 20 heavy (non-hydrogen) atoms. The highest BCUT2D eigenvalue weighted by atomic mass is 16.3. The summed E-state index contributed by atoms with van der Waals surface area (Å²) in [5.74, 6) is 1.27. The summed E-state index contributed by atoms with van der Waals surface area (Å²) in [6.07, 6.45) is 7.44. The molecule has 3 aliphatic rings. The van der Waals surface area contributed by atoms with Gasteiger partial charge >= 0.3 is 0 Å². The molecule has 2 nitrogen and oxygen atoms in total. The van der Waals surface area contributed by atoms with Crippen LogP contribution in [0.2, 0.25) is 0 Å². The van der Waals surface area contributed by atoms with Gasteiger partial charge in [-0.25, -0.2) is 0 Å². The molecule has 2 saturated heterocycles. The molecule has 0 spiro atoms. The van der Waals surface area contributed by atoms with Crippen molar-refractivity contribution in [1.82, 2.24) is 4.90 Å². The molecule has 1 aliphatic carbocycles. The summed E-state index contributed by atoms with van der Waals surface area (Å²) in [5.41, 5.74) is 1.46. The SMILES string of the molecule is O[C@H]1C[C@@H]2C[C@H]1[C@@H]1CCCCN1[C@@H]2Cc1ccccc1. The van der Waals surface area contributed by atoms with E-state index in [1.165, 1.54) is 44.2 Å². The summed E-state index contributed by atoms with van der Waals surface area (Å²) in [7, 11) is 0. The first-order valence-corrected chi connectivity index (χ1v) is 8.30. The Kier molecular flexibility index (Phi) is 3.31. The lowest BCUT2D eigenvalue weighted by atomic mass is 9.79. The Bertz CT molecular complexity index is 460. The molecule has 5 atom stereocenters. The lowest BCUT2D eigenvalue weighted by Crippen LogP contribution is -2.55. The van der Waals surface area contributed by atoms with Crippen molar-refractivity contribution in [2.45, 2.75) is 56.7 Å². The average molecular weight is 271 g/mol. The highest BCUT2D eigenvalue weighted by Crippen LogP contribution is 2.47. The van der Waals surface area contributed by atoms with Crippen LogP contribution in [0.25, 0.3) is 0 Å². The summed E-state index contributed by atoms with van der Waals surface area (Å²) in [4.78, 5) is 2.77. The molecule has 3 fully saturated rings. The fourth-order valence-corrected chi connectivity index (χ4v) is 5.08. The van der Waals surface area contributed by atoms with Crippen LogP contribution in [-0.4, -0.2) is 34.7 Å². The van der Waals surface area contributed by atoms with Crippen LogP contribution in [0, 0.1) is 11.8 Å². The molecule has 0 unspecified atom stereocenters. The normalized spacial score (nSPS) is 40.5. The molecule has 0 amide bonds. The Hall–Kier alpha value is -0.860. The summed E-state index contributed by atoms with van der Waals surface area (Å²) in [5, 5.41) is 10.4. The zero-order valence-corrected chi connectivity index (χ0v) is 12.1. The zero-order chi connectivity index (χ0) is 13.5. The first kappa shape index (κ1) is 12.8. The zero-order valence-electron chi connectivity index (χ0n) is 12.1. The molecule has 1 saturated carbocycles. The standard InChI is InChI=1S/C18H25NO/c20-18-12-14-11-15(18)16-8-4-5-9-19(16)17(14)10-13-6-2-1-3-7-13/h1-3,6-7,14-18,20H,4-5,8-12H2/t14-,15-,16-,17+,18-/m0/s1. The van der Waals surface area contributed by atoms with Gasteiger partial charge in [-0.05, 0) is 50.1 Å². The topological polar surface area (TPSA) is 23.5 Å². The quantitative estimate of drug-likeness (QED) is 0.894. The van der Waals surface area contributed by atoms with E-state index in [1.807, 2.05) is 0 Å². The number of piperidine rings is 2. The van der Waals surface area contributed by atoms with Crippen LogP contribution in [0.1, 0.15) is 37.7 Å². The molecule has 4 rings (SSSR count). The van der Waals surface area contributed by atoms with Crippen molar-refractivity contribution in [3.63, 3.8) is 0 Å². The van der Waals surface area contributed by atoms with Gasteiger partial charge in [0.15, 0.2) is 0 Å². The molecule has 108 valence electrons. The molecule has 0 radical (unpaired) electrons.